The van der Waals surface area contributed by atoms with E-state index in [-0.39, 0.29) is 16.2 Å². The minimum Gasteiger partial charge on any atom is -0.399 e. The van der Waals surface area contributed by atoms with Crippen LogP contribution in [0.4, 0.5) is 15.8 Å². The van der Waals surface area contributed by atoms with Gasteiger partial charge in [0.25, 0.3) is 10.0 Å². The maximum atomic E-state index is 15.0. The monoisotopic (exact) mass is 410 g/mol. The molecule has 0 fully saturated rings. The number of nitrogens with two attached hydrogens (primary N) is 1. The summed E-state index contributed by atoms with van der Waals surface area (Å²) in [6.45, 7) is 1.77. The number of anilines is 2. The Kier molecular flexibility index (Phi) is 4.50. The Morgan fingerprint density at radius 3 is 2.59 bits per heavy atom. The molecule has 0 saturated heterocycles. The van der Waals surface area contributed by atoms with Gasteiger partial charge in [0.2, 0.25) is 0 Å². The third kappa shape index (κ3) is 3.01. The topological polar surface area (TPSA) is 90.0 Å². The fourth-order valence-electron chi connectivity index (χ4n) is 3.44. The van der Waals surface area contributed by atoms with Gasteiger partial charge in [0.05, 0.1) is 16.9 Å². The smallest absolute Gasteiger partial charge is 0.270 e. The lowest BCUT2D eigenvalue weighted by atomic mass is 10.1. The summed E-state index contributed by atoms with van der Waals surface area (Å²) in [4.78, 5) is 3.92. The molecule has 0 amide bonds. The van der Waals surface area contributed by atoms with E-state index in [1.54, 1.807) is 44.3 Å². The first-order valence-electron chi connectivity index (χ1n) is 8.88. The standard InChI is InChI=1S/C21H19FN4O2S/c1-13-5-7-16(18(22)10-13)21-20(24-2)17-8-6-14(23)11-19(17)26(21)29(27,28)15-4-3-9-25-12-15/h3-12,24H,23H2,1-2H3. The number of pyridine rings is 1. The number of aromatic nitrogens is 2. The molecule has 2 aromatic carbocycles. The molecular weight excluding hydrogens is 391 g/mol. The Labute approximate surface area is 167 Å². The molecule has 4 rings (SSSR count). The van der Waals surface area contributed by atoms with Crippen molar-refractivity contribution in [2.75, 3.05) is 18.1 Å². The van der Waals surface area contributed by atoms with E-state index in [9.17, 15) is 12.8 Å². The number of nitrogens with zero attached hydrogens (tertiary/aromatic N) is 2. The maximum Gasteiger partial charge on any atom is 0.270 e. The summed E-state index contributed by atoms with van der Waals surface area (Å²) in [6, 6.07) is 12.7. The Balaban J connectivity index is 2.19. The Bertz CT molecular complexity index is 1330. The molecule has 0 unspecified atom stereocenters. The number of nitrogen functional groups attached to an aromatic ring is 1. The van der Waals surface area contributed by atoms with Crippen molar-refractivity contribution in [2.24, 2.45) is 0 Å². The normalized spacial score (nSPS) is 11.7. The van der Waals surface area contributed by atoms with Gasteiger partial charge in [-0.25, -0.2) is 16.8 Å². The van der Waals surface area contributed by atoms with Crippen molar-refractivity contribution in [3.63, 3.8) is 0 Å². The Hall–Kier alpha value is -3.39. The van der Waals surface area contributed by atoms with Crippen LogP contribution in [-0.4, -0.2) is 24.4 Å². The minimum atomic E-state index is -4.09. The molecule has 0 aliphatic rings. The van der Waals surface area contributed by atoms with Crippen LogP contribution >= 0.6 is 0 Å². The van der Waals surface area contributed by atoms with E-state index >= 15 is 0 Å². The number of hydrogen-bond acceptors (Lipinski definition) is 5. The number of fused-ring (bicyclic) bond motifs is 1. The lowest BCUT2D eigenvalue weighted by Gasteiger charge is -2.14. The minimum absolute atomic E-state index is 0.00394. The zero-order chi connectivity index (χ0) is 20.8. The van der Waals surface area contributed by atoms with Crippen molar-refractivity contribution < 1.29 is 12.8 Å². The van der Waals surface area contributed by atoms with Crippen LogP contribution in [0.2, 0.25) is 0 Å². The van der Waals surface area contributed by atoms with E-state index < -0.39 is 15.8 Å². The molecule has 148 valence electrons. The van der Waals surface area contributed by atoms with E-state index in [0.29, 0.717) is 22.3 Å². The highest BCUT2D eigenvalue weighted by Gasteiger charge is 2.29. The predicted molar refractivity (Wildman–Crippen MR) is 113 cm³/mol. The van der Waals surface area contributed by atoms with E-state index in [1.165, 1.54) is 30.6 Å². The summed E-state index contributed by atoms with van der Waals surface area (Å²) in [6.07, 6.45) is 2.76. The molecule has 0 radical (unpaired) electrons. The fourth-order valence-corrected chi connectivity index (χ4v) is 4.94. The van der Waals surface area contributed by atoms with Gasteiger partial charge < -0.3 is 11.1 Å². The molecule has 0 bridgehead atoms. The average Bonchev–Trinajstić information content (AvgIpc) is 3.02. The maximum absolute atomic E-state index is 15.0. The summed E-state index contributed by atoms with van der Waals surface area (Å²) < 4.78 is 43.3. The summed E-state index contributed by atoms with van der Waals surface area (Å²) >= 11 is 0. The second-order valence-electron chi connectivity index (χ2n) is 6.69. The summed E-state index contributed by atoms with van der Waals surface area (Å²) in [5.74, 6) is -0.514. The molecule has 6 nitrogen and oxygen atoms in total. The highest BCUT2D eigenvalue weighted by atomic mass is 32.2. The van der Waals surface area contributed by atoms with Crippen LogP contribution in [0.3, 0.4) is 0 Å². The number of halogens is 1. The second kappa shape index (κ2) is 6.89. The van der Waals surface area contributed by atoms with E-state index in [1.807, 2.05) is 0 Å². The molecule has 0 spiro atoms. The third-order valence-electron chi connectivity index (χ3n) is 4.75. The van der Waals surface area contributed by atoms with Gasteiger partial charge in [0, 0.05) is 36.1 Å². The van der Waals surface area contributed by atoms with Crippen LogP contribution in [0, 0.1) is 12.7 Å². The first kappa shape index (κ1) is 18.9. The predicted octanol–water partition coefficient (Wildman–Crippen LogP) is 4.01. The first-order chi connectivity index (χ1) is 13.8. The van der Waals surface area contributed by atoms with Gasteiger partial charge in [0.15, 0.2) is 0 Å². The van der Waals surface area contributed by atoms with Crippen LogP contribution in [0.15, 0.2) is 65.8 Å². The number of aryl methyl sites for hydroxylation is 1. The molecule has 0 aliphatic heterocycles. The Morgan fingerprint density at radius 1 is 1.14 bits per heavy atom. The van der Waals surface area contributed by atoms with E-state index in [2.05, 4.69) is 10.3 Å². The van der Waals surface area contributed by atoms with Gasteiger partial charge in [-0.1, -0.05) is 6.07 Å². The van der Waals surface area contributed by atoms with Gasteiger partial charge >= 0.3 is 0 Å². The van der Waals surface area contributed by atoms with Crippen molar-refractivity contribution in [2.45, 2.75) is 11.8 Å². The quantitative estimate of drug-likeness (QED) is 0.496. The van der Waals surface area contributed by atoms with Crippen LogP contribution in [0.25, 0.3) is 22.2 Å². The molecule has 4 aromatic rings. The lowest BCUT2D eigenvalue weighted by Crippen LogP contribution is -2.15. The SMILES string of the molecule is CNc1c(-c2ccc(C)cc2F)n(S(=O)(=O)c2cccnc2)c2cc(N)ccc12. The second-order valence-corrected chi connectivity index (χ2v) is 8.48. The molecule has 8 heteroatoms. The van der Waals surface area contributed by atoms with Gasteiger partial charge in [0.1, 0.15) is 10.7 Å². The summed E-state index contributed by atoms with van der Waals surface area (Å²) in [5, 5.41) is 3.65. The third-order valence-corrected chi connectivity index (χ3v) is 6.45. The summed E-state index contributed by atoms with van der Waals surface area (Å²) in [7, 11) is -2.42. The molecule has 29 heavy (non-hydrogen) atoms. The number of nitrogens with one attached hydrogen (secondary N) is 1. The molecule has 0 aliphatic carbocycles. The van der Waals surface area contributed by atoms with Crippen LogP contribution < -0.4 is 11.1 Å². The fraction of sp³-hybridized carbons (Fsp3) is 0.0952. The van der Waals surface area contributed by atoms with Crippen LogP contribution in [0.5, 0.6) is 0 Å². The van der Waals surface area contributed by atoms with Gasteiger partial charge in [-0.15, -0.1) is 0 Å². The van der Waals surface area contributed by atoms with Crippen molar-refractivity contribution >= 4 is 32.3 Å². The van der Waals surface area contributed by atoms with Crippen molar-refractivity contribution in [1.29, 1.82) is 0 Å². The van der Waals surface area contributed by atoms with Crippen molar-refractivity contribution in [1.82, 2.24) is 8.96 Å². The lowest BCUT2D eigenvalue weighted by molar-refractivity contribution is 0.589. The largest absolute Gasteiger partial charge is 0.399 e. The zero-order valence-corrected chi connectivity index (χ0v) is 16.7. The first-order valence-corrected chi connectivity index (χ1v) is 10.3. The van der Waals surface area contributed by atoms with Gasteiger partial charge in [-0.05, 0) is 55.0 Å². The molecular formula is C21H19FN4O2S. The van der Waals surface area contributed by atoms with E-state index in [0.717, 1.165) is 9.54 Å². The van der Waals surface area contributed by atoms with Crippen molar-refractivity contribution in [3.8, 4) is 11.3 Å². The number of rotatable bonds is 4. The molecule has 0 saturated carbocycles. The van der Waals surface area contributed by atoms with Gasteiger partial charge in [-0.3, -0.25) is 4.98 Å². The number of benzene rings is 2. The molecule has 0 atom stereocenters. The highest BCUT2D eigenvalue weighted by Crippen LogP contribution is 2.42. The van der Waals surface area contributed by atoms with Crippen LogP contribution in [0.1, 0.15) is 5.56 Å². The number of hydrogen-bond donors (Lipinski definition) is 2. The van der Waals surface area contributed by atoms with Crippen molar-refractivity contribution in [3.05, 3.63) is 72.3 Å². The van der Waals surface area contributed by atoms with Crippen LogP contribution in [-0.2, 0) is 10.0 Å². The molecule has 2 heterocycles. The molecule has 3 N–H and O–H groups in total. The average molecular weight is 410 g/mol. The van der Waals surface area contributed by atoms with Gasteiger partial charge in [-0.2, -0.15) is 0 Å². The molecule has 2 aromatic heterocycles. The summed E-state index contributed by atoms with van der Waals surface area (Å²) in [5.41, 5.74) is 8.31. The highest BCUT2D eigenvalue weighted by molar-refractivity contribution is 7.90. The Morgan fingerprint density at radius 2 is 1.93 bits per heavy atom. The zero-order valence-electron chi connectivity index (χ0n) is 15.8. The van der Waals surface area contributed by atoms with E-state index in [4.69, 9.17) is 5.73 Å².